The smallest absolute Gasteiger partial charge is 0.245 e. The van der Waals surface area contributed by atoms with Gasteiger partial charge in [-0.15, -0.1) is 0 Å². The maximum absolute atomic E-state index is 12.6. The Labute approximate surface area is 133 Å². The fourth-order valence-corrected chi connectivity index (χ4v) is 3.51. The third-order valence-corrected chi connectivity index (χ3v) is 4.70. The van der Waals surface area contributed by atoms with Gasteiger partial charge in [-0.1, -0.05) is 19.3 Å². The van der Waals surface area contributed by atoms with Crippen molar-refractivity contribution >= 4 is 11.8 Å². The molecule has 0 aromatic carbocycles. The molecule has 22 heavy (non-hydrogen) atoms. The lowest BCUT2D eigenvalue weighted by atomic mass is 9.80. The Bertz CT molecular complexity index is 374. The minimum Gasteiger partial charge on any atom is -0.354 e. The van der Waals surface area contributed by atoms with Crippen LogP contribution in [-0.4, -0.2) is 61.5 Å². The largest absolute Gasteiger partial charge is 0.354 e. The van der Waals surface area contributed by atoms with Crippen LogP contribution in [0.15, 0.2) is 0 Å². The van der Waals surface area contributed by atoms with E-state index < -0.39 is 5.54 Å². The number of carbonyl (C=O) groups is 2. The summed E-state index contributed by atoms with van der Waals surface area (Å²) in [6, 6.07) is 0. The van der Waals surface area contributed by atoms with Crippen molar-refractivity contribution in [2.45, 2.75) is 51.0 Å². The van der Waals surface area contributed by atoms with Gasteiger partial charge < -0.3 is 20.9 Å². The van der Waals surface area contributed by atoms with Crippen LogP contribution in [0.5, 0.6) is 0 Å². The second-order valence-corrected chi connectivity index (χ2v) is 6.53. The molecule has 1 saturated carbocycles. The van der Waals surface area contributed by atoms with Gasteiger partial charge >= 0.3 is 0 Å². The molecule has 0 spiro atoms. The average Bonchev–Trinajstić information content (AvgIpc) is 2.52. The first-order valence-corrected chi connectivity index (χ1v) is 8.62. The Balaban J connectivity index is 1.74. The summed E-state index contributed by atoms with van der Waals surface area (Å²) in [5, 5.41) is 9.30. The number of amides is 2. The third-order valence-electron chi connectivity index (χ3n) is 4.70. The Morgan fingerprint density at radius 3 is 2.45 bits per heavy atom. The minimum absolute atomic E-state index is 0.00251. The molecule has 0 aromatic rings. The molecule has 3 N–H and O–H groups in total. The summed E-state index contributed by atoms with van der Waals surface area (Å²) in [5.41, 5.74) is -0.668. The Morgan fingerprint density at radius 2 is 1.82 bits per heavy atom. The van der Waals surface area contributed by atoms with Crippen molar-refractivity contribution in [3.8, 4) is 0 Å². The van der Waals surface area contributed by atoms with Gasteiger partial charge in [0.25, 0.3) is 0 Å². The van der Waals surface area contributed by atoms with Crippen LogP contribution in [0.3, 0.4) is 0 Å². The normalized spacial score (nSPS) is 22.0. The number of nitrogens with zero attached hydrogens (tertiary/aromatic N) is 1. The van der Waals surface area contributed by atoms with Gasteiger partial charge in [0.2, 0.25) is 11.8 Å². The van der Waals surface area contributed by atoms with E-state index in [-0.39, 0.29) is 11.8 Å². The van der Waals surface area contributed by atoms with Gasteiger partial charge in [0.1, 0.15) is 5.54 Å². The van der Waals surface area contributed by atoms with Crippen LogP contribution in [0.25, 0.3) is 0 Å². The molecule has 0 radical (unpaired) electrons. The van der Waals surface area contributed by atoms with E-state index in [0.29, 0.717) is 6.54 Å². The summed E-state index contributed by atoms with van der Waals surface area (Å²) in [5.74, 6) is -0.111. The highest BCUT2D eigenvalue weighted by Crippen LogP contribution is 2.28. The van der Waals surface area contributed by atoms with Crippen molar-refractivity contribution in [3.05, 3.63) is 0 Å². The lowest BCUT2D eigenvalue weighted by Crippen LogP contribution is -2.59. The molecule has 1 aliphatic heterocycles. The zero-order valence-electron chi connectivity index (χ0n) is 13.7. The summed E-state index contributed by atoms with van der Waals surface area (Å²) >= 11 is 0. The number of carbonyl (C=O) groups excluding carboxylic acids is 2. The van der Waals surface area contributed by atoms with E-state index in [0.717, 1.165) is 71.2 Å². The number of hydrogen-bond donors (Lipinski definition) is 3. The van der Waals surface area contributed by atoms with Gasteiger partial charge in [-0.05, 0) is 25.8 Å². The summed E-state index contributed by atoms with van der Waals surface area (Å²) in [6.07, 6.45) is 5.65. The molecule has 2 amide bonds. The van der Waals surface area contributed by atoms with Crippen LogP contribution in [-0.2, 0) is 9.59 Å². The summed E-state index contributed by atoms with van der Waals surface area (Å²) < 4.78 is 0. The fraction of sp³-hybridized carbons (Fsp3) is 0.875. The molecule has 0 unspecified atom stereocenters. The van der Waals surface area contributed by atoms with Crippen LogP contribution in [0.2, 0.25) is 0 Å². The lowest BCUT2D eigenvalue weighted by Gasteiger charge is -2.36. The van der Waals surface area contributed by atoms with E-state index >= 15 is 0 Å². The van der Waals surface area contributed by atoms with Crippen LogP contribution in [0, 0.1) is 0 Å². The van der Waals surface area contributed by atoms with Crippen LogP contribution >= 0.6 is 0 Å². The monoisotopic (exact) mass is 310 g/mol. The van der Waals surface area contributed by atoms with Crippen LogP contribution < -0.4 is 16.0 Å². The molecule has 2 rings (SSSR count). The van der Waals surface area contributed by atoms with Gasteiger partial charge in [0.15, 0.2) is 0 Å². The quantitative estimate of drug-likeness (QED) is 0.614. The number of nitrogens with one attached hydrogen (secondary N) is 3. The van der Waals surface area contributed by atoms with Crippen LogP contribution in [0.1, 0.15) is 45.4 Å². The SMILES string of the molecule is CC(=O)NC1(C(=O)NCCCN2CCNCC2)CCCCC1. The second-order valence-electron chi connectivity index (χ2n) is 6.53. The van der Waals surface area contributed by atoms with Crippen molar-refractivity contribution in [1.29, 1.82) is 0 Å². The van der Waals surface area contributed by atoms with Gasteiger partial charge in [-0.2, -0.15) is 0 Å². The zero-order chi connectivity index (χ0) is 15.8. The van der Waals surface area contributed by atoms with Gasteiger partial charge in [-0.3, -0.25) is 9.59 Å². The van der Waals surface area contributed by atoms with Crippen molar-refractivity contribution in [3.63, 3.8) is 0 Å². The third kappa shape index (κ3) is 4.95. The molecule has 1 aliphatic carbocycles. The van der Waals surface area contributed by atoms with E-state index in [1.54, 1.807) is 0 Å². The maximum atomic E-state index is 12.6. The van der Waals surface area contributed by atoms with Crippen molar-refractivity contribution in [2.24, 2.45) is 0 Å². The molecule has 6 heteroatoms. The molecule has 126 valence electrons. The number of rotatable bonds is 6. The summed E-state index contributed by atoms with van der Waals surface area (Å²) in [7, 11) is 0. The molecule has 0 atom stereocenters. The van der Waals surface area contributed by atoms with Crippen molar-refractivity contribution in [1.82, 2.24) is 20.9 Å². The highest BCUT2D eigenvalue weighted by molar-refractivity contribution is 5.91. The van der Waals surface area contributed by atoms with Gasteiger partial charge in [-0.25, -0.2) is 0 Å². The highest BCUT2D eigenvalue weighted by atomic mass is 16.2. The first kappa shape index (κ1) is 17.2. The molecular weight excluding hydrogens is 280 g/mol. The van der Waals surface area contributed by atoms with Gasteiger partial charge in [0.05, 0.1) is 0 Å². The van der Waals surface area contributed by atoms with E-state index in [2.05, 4.69) is 20.9 Å². The molecule has 2 aliphatic rings. The van der Waals surface area contributed by atoms with E-state index in [4.69, 9.17) is 0 Å². The van der Waals surface area contributed by atoms with Crippen molar-refractivity contribution < 1.29 is 9.59 Å². The number of piperazine rings is 1. The fourth-order valence-electron chi connectivity index (χ4n) is 3.51. The predicted molar refractivity (Wildman–Crippen MR) is 86.6 cm³/mol. The van der Waals surface area contributed by atoms with Crippen molar-refractivity contribution in [2.75, 3.05) is 39.3 Å². The molecule has 1 saturated heterocycles. The predicted octanol–water partition coefficient (Wildman–Crippen LogP) is 0.237. The number of hydrogen-bond acceptors (Lipinski definition) is 4. The molecule has 0 bridgehead atoms. The Hall–Kier alpha value is -1.14. The van der Waals surface area contributed by atoms with Gasteiger partial charge in [0, 0.05) is 39.6 Å². The summed E-state index contributed by atoms with van der Waals surface area (Å²) in [4.78, 5) is 26.4. The molecule has 2 fully saturated rings. The Kier molecular flexibility index (Phi) is 6.64. The first-order valence-electron chi connectivity index (χ1n) is 8.62. The second kappa shape index (κ2) is 8.48. The standard InChI is InChI=1S/C16H30N4O2/c1-14(21)19-16(6-3-2-4-7-16)15(22)18-8-5-11-20-12-9-17-10-13-20/h17H,2-13H2,1H3,(H,18,22)(H,19,21). The molecular formula is C16H30N4O2. The summed E-state index contributed by atoms with van der Waals surface area (Å²) in [6.45, 7) is 7.48. The van der Waals surface area contributed by atoms with E-state index in [9.17, 15) is 9.59 Å². The lowest BCUT2D eigenvalue weighted by molar-refractivity contribution is -0.134. The molecule has 6 nitrogen and oxygen atoms in total. The molecule has 1 heterocycles. The Morgan fingerprint density at radius 1 is 1.14 bits per heavy atom. The minimum atomic E-state index is -0.668. The average molecular weight is 310 g/mol. The van der Waals surface area contributed by atoms with E-state index in [1.807, 2.05) is 0 Å². The zero-order valence-corrected chi connectivity index (χ0v) is 13.7. The molecule has 0 aromatic heterocycles. The highest BCUT2D eigenvalue weighted by Gasteiger charge is 2.39. The topological polar surface area (TPSA) is 73.5 Å². The maximum Gasteiger partial charge on any atom is 0.245 e. The van der Waals surface area contributed by atoms with E-state index in [1.165, 1.54) is 6.92 Å². The first-order chi connectivity index (χ1) is 10.6. The van der Waals surface area contributed by atoms with Crippen LogP contribution in [0.4, 0.5) is 0 Å².